The molecule has 2 aromatic rings. The van der Waals surface area contributed by atoms with E-state index < -0.39 is 100 Å². The predicted molar refractivity (Wildman–Crippen MR) is 253 cm³/mol. The number of rotatable bonds is 18. The first kappa shape index (κ1) is 54.5. The number of benzene rings is 1. The number of nitrogens with zero attached hydrogens (tertiary/aromatic N) is 4. The van der Waals surface area contributed by atoms with Gasteiger partial charge in [-0.2, -0.15) is 0 Å². The number of esters is 1. The second kappa shape index (κ2) is 21.2. The van der Waals surface area contributed by atoms with E-state index in [-0.39, 0.29) is 30.9 Å². The number of likely N-dealkylation sites (N-methyl/N-ethyl adjacent to an activating group) is 2. The van der Waals surface area contributed by atoms with E-state index in [0.717, 1.165) is 33.5 Å². The molecule has 4 atom stereocenters. The van der Waals surface area contributed by atoms with Crippen molar-refractivity contribution in [2.75, 3.05) is 20.6 Å². The number of imide groups is 1. The van der Waals surface area contributed by atoms with Gasteiger partial charge in [-0.25, -0.2) is 4.79 Å². The number of hydrogen-bond acceptors (Lipinski definition) is 10. The van der Waals surface area contributed by atoms with Crippen LogP contribution < -0.4 is 10.6 Å². The first-order valence-corrected chi connectivity index (χ1v) is 22.5. The Morgan fingerprint density at radius 2 is 1.36 bits per heavy atom. The summed E-state index contributed by atoms with van der Waals surface area (Å²) in [6.45, 7) is 24.8. The summed E-state index contributed by atoms with van der Waals surface area (Å²) in [5.41, 5.74) is -1.68. The molecule has 2 N–H and O–H groups in total. The second-order valence-corrected chi connectivity index (χ2v) is 21.3. The van der Waals surface area contributed by atoms with Gasteiger partial charge in [0.05, 0.1) is 18.5 Å². The second-order valence-electron chi connectivity index (χ2n) is 21.3. The van der Waals surface area contributed by atoms with E-state index in [1.807, 2.05) is 90.5 Å². The third-order valence-corrected chi connectivity index (χ3v) is 11.4. The summed E-state index contributed by atoms with van der Waals surface area (Å²) in [7, 11) is 5.02. The number of para-hydroxylation sites is 1. The zero-order chi connectivity index (χ0) is 50.4. The molecular formula is C50H74N6O10. The minimum absolute atomic E-state index is 0.0159. The van der Waals surface area contributed by atoms with Gasteiger partial charge in [0.25, 0.3) is 11.8 Å². The number of Topliss-reactive ketones (excluding diaryl/α,β-unsaturated/α-hetero) is 1. The summed E-state index contributed by atoms with van der Waals surface area (Å²) in [6, 6.07) is 3.52. The highest BCUT2D eigenvalue weighted by Gasteiger charge is 2.47. The molecule has 1 aromatic heterocycles. The summed E-state index contributed by atoms with van der Waals surface area (Å²) < 4.78 is 13.2. The highest BCUT2D eigenvalue weighted by molar-refractivity contribution is 6.13. The van der Waals surface area contributed by atoms with Gasteiger partial charge in [0, 0.05) is 74.3 Å². The average molecular weight is 919 g/mol. The molecule has 6 amide bonds. The molecule has 0 spiro atoms. The lowest BCUT2D eigenvalue weighted by Gasteiger charge is -2.42. The first-order valence-electron chi connectivity index (χ1n) is 22.5. The summed E-state index contributed by atoms with van der Waals surface area (Å²) in [5, 5.41) is 6.62. The molecule has 1 aliphatic rings. The van der Waals surface area contributed by atoms with E-state index in [1.165, 1.54) is 23.8 Å². The monoisotopic (exact) mass is 919 g/mol. The van der Waals surface area contributed by atoms with Crippen molar-refractivity contribution in [2.24, 2.45) is 18.4 Å². The Morgan fingerprint density at radius 3 is 1.89 bits per heavy atom. The summed E-state index contributed by atoms with van der Waals surface area (Å²) in [4.78, 5) is 112. The fraction of sp³-hybridized carbons (Fsp3) is 0.600. The van der Waals surface area contributed by atoms with Crippen LogP contribution in [0.15, 0.2) is 54.3 Å². The van der Waals surface area contributed by atoms with E-state index in [4.69, 9.17) is 9.47 Å². The number of aryl methyl sites for hydroxylation is 1. The molecule has 2 heterocycles. The molecular weight excluding hydrogens is 845 g/mol. The minimum atomic E-state index is -1.29. The maximum atomic E-state index is 14.9. The Balaban J connectivity index is 1.96. The fourth-order valence-electron chi connectivity index (χ4n) is 8.04. The van der Waals surface area contributed by atoms with Crippen LogP contribution in [-0.4, -0.2) is 123 Å². The maximum absolute atomic E-state index is 14.9. The number of ketones is 1. The molecule has 364 valence electrons. The summed E-state index contributed by atoms with van der Waals surface area (Å²) in [6.07, 6.45) is 4.64. The molecule has 0 saturated heterocycles. The molecule has 1 aromatic carbocycles. The fourth-order valence-corrected chi connectivity index (χ4v) is 8.04. The largest absolute Gasteiger partial charge is 0.460 e. The molecule has 0 unspecified atom stereocenters. The number of amides is 6. The van der Waals surface area contributed by atoms with Gasteiger partial charge in [0.1, 0.15) is 23.3 Å². The normalized spacial score (nSPS) is 15.6. The van der Waals surface area contributed by atoms with Gasteiger partial charge < -0.3 is 29.6 Å². The van der Waals surface area contributed by atoms with Crippen molar-refractivity contribution in [1.29, 1.82) is 0 Å². The number of fused-ring (bicyclic) bond motifs is 1. The summed E-state index contributed by atoms with van der Waals surface area (Å²) in [5.74, 6) is -4.12. The highest BCUT2D eigenvalue weighted by atomic mass is 16.6. The molecule has 0 bridgehead atoms. The Hall–Kier alpha value is -5.80. The van der Waals surface area contributed by atoms with Crippen molar-refractivity contribution < 1.29 is 47.8 Å². The summed E-state index contributed by atoms with van der Waals surface area (Å²) >= 11 is 0. The lowest BCUT2D eigenvalue weighted by Crippen LogP contribution is -2.63. The van der Waals surface area contributed by atoms with Crippen molar-refractivity contribution in [1.82, 2.24) is 29.9 Å². The van der Waals surface area contributed by atoms with Gasteiger partial charge in [0.15, 0.2) is 5.78 Å². The number of nitrogens with one attached hydrogen (secondary N) is 2. The standard InChI is InChI=1S/C50H74N6O10/c1-30(2)36(27-31(3)43(61)51-34(28-40(60)65-48(7,8)9)37(57)23-20-26-56-38(58)24-25-39(56)59)54(16)45(63)41(47(4,5)6)52-44(62)42(55(17)46(64)66-49(10,11)12)50(13,14)33-29-53(15)35-22-19-18-21-32(33)35/h18-19,21-22,24-25,27,29-30,34,36,41-42H,20,23,26,28H2,1-17H3,(H,51,61)(H,52,62)/b31-27+/t34-,36-,41-,42-/m1/s1. The SMILES string of the molecule is C/C(=C\[C@H](C(C)C)N(C)C(=O)[C@@H](NC(=O)[C@@H](N(C)C(=O)OC(C)(C)C)C(C)(C)c1cn(C)c2ccccc12)C(C)(C)C)C(=O)N[C@H](CC(=O)OC(C)(C)C)C(=O)CCCN1C(=O)C=CC1=O. The van der Waals surface area contributed by atoms with Gasteiger partial charge in [-0.05, 0) is 77.8 Å². The van der Waals surface area contributed by atoms with Gasteiger partial charge in [-0.1, -0.05) is 72.7 Å². The van der Waals surface area contributed by atoms with Crippen LogP contribution in [0, 0.1) is 11.3 Å². The quantitative estimate of drug-likeness (QED) is 0.0997. The lowest BCUT2D eigenvalue weighted by molar-refractivity contribution is -0.156. The van der Waals surface area contributed by atoms with E-state index in [2.05, 4.69) is 10.6 Å². The van der Waals surface area contributed by atoms with Gasteiger partial charge in [-0.15, -0.1) is 0 Å². The molecule has 16 heteroatoms. The predicted octanol–water partition coefficient (Wildman–Crippen LogP) is 6.14. The van der Waals surface area contributed by atoms with Crippen molar-refractivity contribution >= 4 is 58.3 Å². The molecule has 0 radical (unpaired) electrons. The van der Waals surface area contributed by atoms with Crippen LogP contribution in [0.4, 0.5) is 4.79 Å². The van der Waals surface area contributed by atoms with Crippen LogP contribution in [0.1, 0.15) is 122 Å². The topological polar surface area (TPSA) is 194 Å². The Kier molecular flexibility index (Phi) is 17.5. The number of carbonyl (C=O) groups excluding carboxylic acids is 8. The van der Waals surface area contributed by atoms with Gasteiger partial charge in [-0.3, -0.25) is 43.4 Å². The maximum Gasteiger partial charge on any atom is 0.410 e. The third kappa shape index (κ3) is 14.1. The molecule has 3 rings (SSSR count). The van der Waals surface area contributed by atoms with Crippen LogP contribution in [0.2, 0.25) is 0 Å². The van der Waals surface area contributed by atoms with Crippen LogP contribution in [0.25, 0.3) is 10.9 Å². The smallest absolute Gasteiger partial charge is 0.410 e. The number of aromatic nitrogens is 1. The van der Waals surface area contributed by atoms with Gasteiger partial charge in [0.2, 0.25) is 17.7 Å². The van der Waals surface area contributed by atoms with Crippen molar-refractivity contribution in [3.63, 3.8) is 0 Å². The van der Waals surface area contributed by atoms with E-state index in [9.17, 15) is 38.4 Å². The Morgan fingerprint density at radius 1 is 0.803 bits per heavy atom. The molecule has 66 heavy (non-hydrogen) atoms. The molecule has 0 saturated carbocycles. The van der Waals surface area contributed by atoms with Crippen LogP contribution in [0.5, 0.6) is 0 Å². The van der Waals surface area contributed by atoms with E-state index >= 15 is 0 Å². The van der Waals surface area contributed by atoms with Crippen molar-refractivity contribution in [3.05, 3.63) is 59.8 Å². The van der Waals surface area contributed by atoms with E-state index in [1.54, 1.807) is 54.7 Å². The first-order chi connectivity index (χ1) is 30.2. The zero-order valence-electron chi connectivity index (χ0n) is 42.2. The Bertz CT molecular complexity index is 2210. The van der Waals surface area contributed by atoms with Crippen molar-refractivity contribution in [2.45, 2.75) is 157 Å². The van der Waals surface area contributed by atoms with Crippen LogP contribution in [-0.2, 0) is 55.5 Å². The van der Waals surface area contributed by atoms with Crippen LogP contribution in [0.3, 0.4) is 0 Å². The molecule has 0 aliphatic carbocycles. The number of carbonyl (C=O) groups is 8. The Labute approximate surface area is 390 Å². The number of hydrogen-bond donors (Lipinski definition) is 2. The minimum Gasteiger partial charge on any atom is -0.460 e. The van der Waals surface area contributed by atoms with E-state index in [0.29, 0.717) is 0 Å². The molecule has 0 fully saturated rings. The molecule has 16 nitrogen and oxygen atoms in total. The van der Waals surface area contributed by atoms with Crippen molar-refractivity contribution in [3.8, 4) is 0 Å². The van der Waals surface area contributed by atoms with Gasteiger partial charge >= 0.3 is 12.1 Å². The lowest BCUT2D eigenvalue weighted by atomic mass is 9.76. The molecule has 1 aliphatic heterocycles. The highest BCUT2D eigenvalue weighted by Crippen LogP contribution is 2.37. The number of ether oxygens (including phenoxy) is 2. The zero-order valence-corrected chi connectivity index (χ0v) is 42.2. The average Bonchev–Trinajstić information content (AvgIpc) is 3.69. The third-order valence-electron chi connectivity index (χ3n) is 11.4. The van der Waals surface area contributed by atoms with Crippen LogP contribution >= 0.6 is 0 Å².